The van der Waals surface area contributed by atoms with Gasteiger partial charge in [0.15, 0.2) is 13.2 Å². The smallest absolute Gasteiger partial charge is 0.344 e. The van der Waals surface area contributed by atoms with Crippen molar-refractivity contribution in [3.05, 3.63) is 51.9 Å². The summed E-state index contributed by atoms with van der Waals surface area (Å²) in [6.07, 6.45) is 4.20. The molecule has 150 valence electrons. The molecule has 7 nitrogen and oxygen atoms in total. The molecule has 0 fully saturated rings. The summed E-state index contributed by atoms with van der Waals surface area (Å²) in [7, 11) is 0. The Bertz CT molecular complexity index is 1050. The van der Waals surface area contributed by atoms with Crippen molar-refractivity contribution < 1.29 is 28.3 Å². The number of hydrogen-bond donors (Lipinski definition) is 1. The van der Waals surface area contributed by atoms with Crippen LogP contribution in [0.4, 0.5) is 0 Å². The number of furan rings is 1. The number of benzene rings is 1. The monoisotopic (exact) mass is 413 g/mol. The van der Waals surface area contributed by atoms with Crippen LogP contribution in [0.25, 0.3) is 11.0 Å². The molecule has 1 N–H and O–H groups in total. The second kappa shape index (κ2) is 8.48. The second-order valence-electron chi connectivity index (χ2n) is 6.67. The van der Waals surface area contributed by atoms with E-state index >= 15 is 0 Å². The summed E-state index contributed by atoms with van der Waals surface area (Å²) in [4.78, 5) is 35.7. The van der Waals surface area contributed by atoms with E-state index in [0.717, 1.165) is 42.4 Å². The van der Waals surface area contributed by atoms with E-state index in [1.165, 1.54) is 16.9 Å². The van der Waals surface area contributed by atoms with Crippen molar-refractivity contribution in [3.63, 3.8) is 0 Å². The Hall–Kier alpha value is -3.13. The maximum Gasteiger partial charge on any atom is 0.344 e. The van der Waals surface area contributed by atoms with Gasteiger partial charge in [-0.15, -0.1) is 11.3 Å². The number of carbonyl (C=O) groups excluding carboxylic acids is 3. The molecular weight excluding hydrogens is 394 g/mol. The molecule has 0 aliphatic heterocycles. The van der Waals surface area contributed by atoms with Crippen LogP contribution in [-0.2, 0) is 27.2 Å². The van der Waals surface area contributed by atoms with Crippen molar-refractivity contribution in [1.82, 2.24) is 5.32 Å². The fraction of sp³-hybridized carbons (Fsp3) is 0.286. The number of rotatable bonds is 6. The summed E-state index contributed by atoms with van der Waals surface area (Å²) in [6, 6.07) is 8.73. The van der Waals surface area contributed by atoms with Crippen molar-refractivity contribution in [3.8, 4) is 5.75 Å². The van der Waals surface area contributed by atoms with Crippen molar-refractivity contribution in [2.75, 3.05) is 13.2 Å². The molecule has 2 amide bonds. The van der Waals surface area contributed by atoms with E-state index in [0.29, 0.717) is 10.6 Å². The van der Waals surface area contributed by atoms with Crippen LogP contribution in [0.15, 0.2) is 40.1 Å². The highest BCUT2D eigenvalue weighted by atomic mass is 32.1. The zero-order valence-electron chi connectivity index (χ0n) is 15.6. The second-order valence-corrected chi connectivity index (χ2v) is 7.62. The molecular formula is C21H19NO6S. The van der Waals surface area contributed by atoms with Gasteiger partial charge in [0.1, 0.15) is 17.1 Å². The van der Waals surface area contributed by atoms with Crippen LogP contribution in [0.5, 0.6) is 5.75 Å². The Balaban J connectivity index is 1.27. The highest BCUT2D eigenvalue weighted by molar-refractivity contribution is 7.12. The van der Waals surface area contributed by atoms with E-state index in [1.807, 2.05) is 12.1 Å². The lowest BCUT2D eigenvalue weighted by Crippen LogP contribution is -2.34. The molecule has 1 aromatic carbocycles. The predicted octanol–water partition coefficient (Wildman–Crippen LogP) is 3.25. The fourth-order valence-electron chi connectivity index (χ4n) is 3.29. The Morgan fingerprint density at radius 2 is 1.97 bits per heavy atom. The average molecular weight is 413 g/mol. The largest absolute Gasteiger partial charge is 0.482 e. The van der Waals surface area contributed by atoms with Gasteiger partial charge in [-0.2, -0.15) is 0 Å². The molecule has 0 bridgehead atoms. The lowest BCUT2D eigenvalue weighted by atomic mass is 9.96. The van der Waals surface area contributed by atoms with Gasteiger partial charge in [-0.1, -0.05) is 6.07 Å². The van der Waals surface area contributed by atoms with Crippen LogP contribution in [0, 0.1) is 0 Å². The minimum Gasteiger partial charge on any atom is -0.482 e. The third kappa shape index (κ3) is 4.48. The van der Waals surface area contributed by atoms with Gasteiger partial charge in [0.2, 0.25) is 0 Å². The molecule has 0 spiro atoms. The summed E-state index contributed by atoms with van der Waals surface area (Å²) < 4.78 is 16.2. The summed E-state index contributed by atoms with van der Waals surface area (Å²) in [5.41, 5.74) is 2.03. The number of amides is 2. The van der Waals surface area contributed by atoms with Gasteiger partial charge in [0.25, 0.3) is 11.8 Å². The summed E-state index contributed by atoms with van der Waals surface area (Å²) in [5, 5.41) is 4.90. The molecule has 0 saturated heterocycles. The van der Waals surface area contributed by atoms with E-state index in [9.17, 15) is 14.4 Å². The Morgan fingerprint density at radius 3 is 2.79 bits per heavy atom. The predicted molar refractivity (Wildman–Crippen MR) is 106 cm³/mol. The van der Waals surface area contributed by atoms with E-state index in [-0.39, 0.29) is 6.61 Å². The van der Waals surface area contributed by atoms with Gasteiger partial charge in [-0.25, -0.2) is 4.79 Å². The van der Waals surface area contributed by atoms with E-state index in [4.69, 9.17) is 13.9 Å². The number of nitrogens with one attached hydrogen (secondary N) is 1. The first kappa shape index (κ1) is 19.2. The molecule has 2 aromatic heterocycles. The minimum absolute atomic E-state index is 0.336. The van der Waals surface area contributed by atoms with E-state index in [1.54, 1.807) is 23.6 Å². The Kier molecular flexibility index (Phi) is 5.62. The molecule has 1 aliphatic rings. The quantitative estimate of drug-likeness (QED) is 0.624. The summed E-state index contributed by atoms with van der Waals surface area (Å²) in [6.45, 7) is -0.884. The zero-order valence-corrected chi connectivity index (χ0v) is 16.4. The van der Waals surface area contributed by atoms with Gasteiger partial charge in [0.05, 0.1) is 4.88 Å². The Labute approximate surface area is 170 Å². The first-order chi connectivity index (χ1) is 14.1. The zero-order chi connectivity index (χ0) is 20.2. The van der Waals surface area contributed by atoms with Gasteiger partial charge in [-0.05, 0) is 48.9 Å². The van der Waals surface area contributed by atoms with Crippen molar-refractivity contribution in [2.24, 2.45) is 0 Å². The molecule has 0 unspecified atom stereocenters. The SMILES string of the molecule is O=C(COC(=O)COc1ccc2oc3c(c2c1)CCCC3)NC(=O)c1cccs1. The van der Waals surface area contributed by atoms with Gasteiger partial charge in [-0.3, -0.25) is 14.9 Å². The molecule has 2 heterocycles. The van der Waals surface area contributed by atoms with Crippen LogP contribution in [0.1, 0.15) is 33.8 Å². The fourth-order valence-corrected chi connectivity index (χ4v) is 3.91. The van der Waals surface area contributed by atoms with Crippen LogP contribution < -0.4 is 10.1 Å². The number of esters is 1. The average Bonchev–Trinajstić information content (AvgIpc) is 3.38. The minimum atomic E-state index is -0.696. The Morgan fingerprint density at radius 1 is 1.10 bits per heavy atom. The van der Waals surface area contributed by atoms with E-state index < -0.39 is 24.4 Å². The third-order valence-corrected chi connectivity index (χ3v) is 5.51. The normalized spacial score (nSPS) is 13.0. The van der Waals surface area contributed by atoms with Crippen LogP contribution >= 0.6 is 11.3 Å². The number of imide groups is 1. The lowest BCUT2D eigenvalue weighted by Gasteiger charge is -2.09. The molecule has 8 heteroatoms. The van der Waals surface area contributed by atoms with Crippen LogP contribution in [0.3, 0.4) is 0 Å². The highest BCUT2D eigenvalue weighted by Gasteiger charge is 2.18. The third-order valence-electron chi connectivity index (χ3n) is 4.65. The van der Waals surface area contributed by atoms with Gasteiger partial charge >= 0.3 is 5.97 Å². The summed E-state index contributed by atoms with van der Waals surface area (Å²) >= 11 is 1.21. The highest BCUT2D eigenvalue weighted by Crippen LogP contribution is 2.33. The lowest BCUT2D eigenvalue weighted by molar-refractivity contribution is -0.150. The number of carbonyl (C=O) groups is 3. The standard InChI is InChI=1S/C21H19NO6S/c23-19(22-21(25)18-6-3-9-29-18)11-27-20(24)12-26-13-7-8-17-15(10-13)14-4-1-2-5-16(14)28-17/h3,6-10H,1-2,4-5,11-12H2,(H,22,23,25). The molecule has 29 heavy (non-hydrogen) atoms. The first-order valence-electron chi connectivity index (χ1n) is 9.30. The number of aryl methyl sites for hydroxylation is 2. The number of hydrogen-bond acceptors (Lipinski definition) is 7. The molecule has 3 aromatic rings. The van der Waals surface area contributed by atoms with Crippen LogP contribution in [-0.4, -0.2) is 31.0 Å². The topological polar surface area (TPSA) is 94.8 Å². The maximum atomic E-state index is 11.9. The molecule has 0 radical (unpaired) electrons. The summed E-state index contributed by atoms with van der Waals surface area (Å²) in [5.74, 6) is -0.345. The van der Waals surface area contributed by atoms with Crippen molar-refractivity contribution in [1.29, 1.82) is 0 Å². The van der Waals surface area contributed by atoms with Crippen LogP contribution in [0.2, 0.25) is 0 Å². The molecule has 0 saturated carbocycles. The molecule has 4 rings (SSSR count). The number of ether oxygens (including phenoxy) is 2. The molecule has 0 atom stereocenters. The van der Waals surface area contributed by atoms with Crippen molar-refractivity contribution in [2.45, 2.75) is 25.7 Å². The van der Waals surface area contributed by atoms with Gasteiger partial charge < -0.3 is 13.9 Å². The first-order valence-corrected chi connectivity index (χ1v) is 10.2. The maximum absolute atomic E-state index is 11.9. The number of fused-ring (bicyclic) bond motifs is 3. The van der Waals surface area contributed by atoms with E-state index in [2.05, 4.69) is 5.32 Å². The number of thiophene rings is 1. The van der Waals surface area contributed by atoms with Crippen molar-refractivity contribution >= 4 is 40.1 Å². The van der Waals surface area contributed by atoms with Gasteiger partial charge in [0, 0.05) is 17.4 Å². The molecule has 1 aliphatic carbocycles.